The Morgan fingerprint density at radius 2 is 1.74 bits per heavy atom. The van der Waals surface area contributed by atoms with Gasteiger partial charge >= 0.3 is 0 Å². The number of aryl methyl sites for hydroxylation is 1. The summed E-state index contributed by atoms with van der Waals surface area (Å²) in [5.41, 5.74) is 4.08. The van der Waals surface area contributed by atoms with Crippen LogP contribution in [-0.4, -0.2) is 27.9 Å². The summed E-state index contributed by atoms with van der Waals surface area (Å²) in [6, 6.07) is 14.6. The molecule has 1 fully saturated rings. The number of rotatable bonds is 4. The molecule has 1 saturated heterocycles. The van der Waals surface area contributed by atoms with Gasteiger partial charge in [-0.2, -0.15) is 0 Å². The average Bonchev–Trinajstić information content (AvgIpc) is 3.13. The predicted molar refractivity (Wildman–Crippen MR) is 131 cm³/mol. The molecule has 0 spiro atoms. The van der Waals surface area contributed by atoms with Gasteiger partial charge in [-0.05, 0) is 82.6 Å². The molecule has 1 aliphatic rings. The first-order chi connectivity index (χ1) is 14.6. The molecule has 164 valence electrons. The molecule has 1 unspecified atom stereocenters. The Labute approximate surface area is 188 Å². The van der Waals surface area contributed by atoms with E-state index in [2.05, 4.69) is 78.9 Å². The maximum Gasteiger partial charge on any atom is 0.148 e. The van der Waals surface area contributed by atoms with Crippen LogP contribution in [0.15, 0.2) is 48.7 Å². The van der Waals surface area contributed by atoms with Gasteiger partial charge in [0.25, 0.3) is 0 Å². The normalized spacial score (nSPS) is 18.2. The van der Waals surface area contributed by atoms with Crippen molar-refractivity contribution < 1.29 is 9.47 Å². The van der Waals surface area contributed by atoms with Crippen molar-refractivity contribution in [3.8, 4) is 22.8 Å². The van der Waals surface area contributed by atoms with Crippen LogP contribution in [0.25, 0.3) is 17.1 Å². The van der Waals surface area contributed by atoms with Crippen molar-refractivity contribution in [1.29, 1.82) is 0 Å². The highest BCUT2D eigenvalue weighted by Gasteiger charge is 2.41. The van der Waals surface area contributed by atoms with Gasteiger partial charge in [-0.15, -0.1) is 9.24 Å². The van der Waals surface area contributed by atoms with Crippen molar-refractivity contribution in [2.24, 2.45) is 0 Å². The zero-order valence-corrected chi connectivity index (χ0v) is 20.6. The van der Waals surface area contributed by atoms with Gasteiger partial charge in [-0.25, -0.2) is 4.98 Å². The molecule has 2 heterocycles. The van der Waals surface area contributed by atoms with Crippen LogP contribution in [0.3, 0.4) is 0 Å². The van der Waals surface area contributed by atoms with Crippen LogP contribution in [0.2, 0.25) is 0 Å². The molecule has 0 radical (unpaired) electrons. The van der Waals surface area contributed by atoms with E-state index < -0.39 is 0 Å². The van der Waals surface area contributed by atoms with Crippen molar-refractivity contribution in [1.82, 2.24) is 9.55 Å². The number of methoxy groups -OCH3 is 1. The molecule has 31 heavy (non-hydrogen) atoms. The second-order valence-electron chi connectivity index (χ2n) is 9.83. The molecule has 0 amide bonds. The fourth-order valence-corrected chi connectivity index (χ4v) is 5.10. The number of nitrogens with zero attached hydrogens (tertiary/aromatic N) is 2. The Kier molecular flexibility index (Phi) is 5.74. The number of hydrogen-bond donors (Lipinski definition) is 0. The minimum Gasteiger partial charge on any atom is -0.496 e. The van der Waals surface area contributed by atoms with E-state index in [4.69, 9.17) is 14.5 Å². The minimum atomic E-state index is -0.182. The molecule has 3 aromatic rings. The zero-order valence-electron chi connectivity index (χ0n) is 19.4. The van der Waals surface area contributed by atoms with E-state index >= 15 is 0 Å². The monoisotopic (exact) mass is 436 g/mol. The molecular formula is C26H33N2O2P. The maximum absolute atomic E-state index is 6.33. The maximum atomic E-state index is 6.33. The fourth-order valence-electron chi connectivity index (χ4n) is 4.92. The van der Waals surface area contributed by atoms with E-state index in [1.54, 1.807) is 7.11 Å². The molecule has 4 nitrogen and oxygen atoms in total. The third-order valence-electron chi connectivity index (χ3n) is 6.05. The number of para-hydroxylation sites is 1. The topological polar surface area (TPSA) is 36.3 Å². The first kappa shape index (κ1) is 22.0. The van der Waals surface area contributed by atoms with Gasteiger partial charge in [-0.1, -0.05) is 18.2 Å². The van der Waals surface area contributed by atoms with Crippen LogP contribution in [0.4, 0.5) is 0 Å². The molecule has 0 saturated carbocycles. The first-order valence-corrected chi connectivity index (χ1v) is 11.5. The van der Waals surface area contributed by atoms with Gasteiger partial charge in [0.2, 0.25) is 0 Å². The molecule has 0 N–H and O–H groups in total. The Balaban J connectivity index is 1.87. The number of benzene rings is 2. The fraction of sp³-hybridized carbons (Fsp3) is 0.423. The Hall–Kier alpha value is -2.16. The van der Waals surface area contributed by atoms with Crippen LogP contribution in [0, 0.1) is 6.92 Å². The van der Waals surface area contributed by atoms with Crippen LogP contribution >= 0.6 is 9.24 Å². The second-order valence-corrected chi connectivity index (χ2v) is 10.4. The lowest BCUT2D eigenvalue weighted by Gasteiger charge is -2.45. The summed E-state index contributed by atoms with van der Waals surface area (Å²) < 4.78 is 14.2. The van der Waals surface area contributed by atoms with E-state index in [9.17, 15) is 0 Å². The Bertz CT molecular complexity index is 1080. The lowest BCUT2D eigenvalue weighted by Crippen LogP contribution is -2.44. The lowest BCUT2D eigenvalue weighted by atomic mass is 9.79. The highest BCUT2D eigenvalue weighted by molar-refractivity contribution is 7.27. The van der Waals surface area contributed by atoms with Crippen LogP contribution in [0.5, 0.6) is 5.75 Å². The SMILES string of the molecule is COc1ccccc1-c1nc(C2CC(C)(C)OC(C)(C)C2)cn1-c1ccc(P)c(C)c1. The number of ether oxygens (including phenoxy) is 2. The van der Waals surface area contributed by atoms with Crippen LogP contribution < -0.4 is 10.0 Å². The van der Waals surface area contributed by atoms with E-state index in [1.165, 1.54) is 10.9 Å². The van der Waals surface area contributed by atoms with E-state index in [1.807, 2.05) is 18.2 Å². The highest BCUT2D eigenvalue weighted by atomic mass is 31.0. The zero-order chi connectivity index (χ0) is 22.4. The highest BCUT2D eigenvalue weighted by Crippen LogP contribution is 2.44. The molecule has 1 aliphatic heterocycles. The number of imidazole rings is 1. The Morgan fingerprint density at radius 3 is 2.39 bits per heavy atom. The second kappa shape index (κ2) is 8.07. The smallest absolute Gasteiger partial charge is 0.148 e. The van der Waals surface area contributed by atoms with Crippen molar-refractivity contribution in [2.45, 2.75) is 64.6 Å². The number of aromatic nitrogens is 2. The predicted octanol–water partition coefficient (Wildman–Crippen LogP) is 5.81. The van der Waals surface area contributed by atoms with Gasteiger partial charge < -0.3 is 9.47 Å². The molecule has 5 heteroatoms. The molecule has 1 aromatic heterocycles. The number of hydrogen-bond acceptors (Lipinski definition) is 3. The molecule has 0 aliphatic carbocycles. The van der Waals surface area contributed by atoms with Gasteiger partial charge in [0.05, 0.1) is 29.6 Å². The standard InChI is InChI=1S/C26H33N2O2P/c1-17-13-19(11-12-23(17)31)28-16-21(18-14-25(2,3)30-26(4,5)15-18)27-24(28)20-9-7-8-10-22(20)29-6/h7-13,16,18H,14-15,31H2,1-6H3. The minimum absolute atomic E-state index is 0.182. The van der Waals surface area contributed by atoms with Crippen molar-refractivity contribution >= 4 is 14.5 Å². The van der Waals surface area contributed by atoms with Gasteiger partial charge in [0.1, 0.15) is 11.6 Å². The summed E-state index contributed by atoms with van der Waals surface area (Å²) >= 11 is 0. The lowest BCUT2D eigenvalue weighted by molar-refractivity contribution is -0.162. The summed E-state index contributed by atoms with van der Waals surface area (Å²) in [6.07, 6.45) is 4.10. The summed E-state index contributed by atoms with van der Waals surface area (Å²) in [6.45, 7) is 10.9. The molecule has 1 atom stereocenters. The van der Waals surface area contributed by atoms with Gasteiger partial charge in [0, 0.05) is 17.8 Å². The summed E-state index contributed by atoms with van der Waals surface area (Å²) in [5.74, 6) is 2.06. The third-order valence-corrected chi connectivity index (χ3v) is 6.70. The third kappa shape index (κ3) is 4.56. The van der Waals surface area contributed by atoms with Gasteiger partial charge in [-0.3, -0.25) is 4.57 Å². The summed E-state index contributed by atoms with van der Waals surface area (Å²) in [7, 11) is 4.51. The van der Waals surface area contributed by atoms with Gasteiger partial charge in [0.15, 0.2) is 0 Å². The van der Waals surface area contributed by atoms with Crippen molar-refractivity contribution in [3.63, 3.8) is 0 Å². The quantitative estimate of drug-likeness (QED) is 0.485. The van der Waals surface area contributed by atoms with Crippen molar-refractivity contribution in [3.05, 3.63) is 59.9 Å². The van der Waals surface area contributed by atoms with E-state index in [0.29, 0.717) is 5.92 Å². The molecule has 0 bridgehead atoms. The summed E-state index contributed by atoms with van der Waals surface area (Å²) in [4.78, 5) is 5.19. The summed E-state index contributed by atoms with van der Waals surface area (Å²) in [5, 5.41) is 1.20. The first-order valence-electron chi connectivity index (χ1n) is 10.9. The molecular weight excluding hydrogens is 403 g/mol. The average molecular weight is 437 g/mol. The van der Waals surface area contributed by atoms with E-state index in [0.717, 1.165) is 41.4 Å². The van der Waals surface area contributed by atoms with E-state index in [-0.39, 0.29) is 11.2 Å². The Morgan fingerprint density at radius 1 is 1.06 bits per heavy atom. The molecule has 2 aromatic carbocycles. The van der Waals surface area contributed by atoms with Crippen LogP contribution in [0.1, 0.15) is 57.7 Å². The van der Waals surface area contributed by atoms with Crippen LogP contribution in [-0.2, 0) is 4.74 Å². The molecule has 4 rings (SSSR count). The van der Waals surface area contributed by atoms with Crippen molar-refractivity contribution in [2.75, 3.05) is 7.11 Å². The largest absolute Gasteiger partial charge is 0.496 e.